The third-order valence-corrected chi connectivity index (χ3v) is 3.53. The summed E-state index contributed by atoms with van der Waals surface area (Å²) in [6.07, 6.45) is 6.24. The van der Waals surface area contributed by atoms with Crippen LogP contribution in [0.25, 0.3) is 0 Å². The zero-order chi connectivity index (χ0) is 14.1. The van der Waals surface area contributed by atoms with Gasteiger partial charge in [-0.1, -0.05) is 45.2 Å². The number of ketones is 1. The number of benzene rings is 1. The summed E-state index contributed by atoms with van der Waals surface area (Å²) in [7, 11) is 1.66. The van der Waals surface area contributed by atoms with E-state index in [4.69, 9.17) is 4.74 Å². The van der Waals surface area contributed by atoms with Crippen molar-refractivity contribution in [2.24, 2.45) is 5.92 Å². The van der Waals surface area contributed by atoms with Crippen LogP contribution in [-0.4, -0.2) is 12.9 Å². The number of hydrogen-bond acceptors (Lipinski definition) is 2. The summed E-state index contributed by atoms with van der Waals surface area (Å²) in [5, 5.41) is 0. The molecule has 0 saturated carbocycles. The van der Waals surface area contributed by atoms with Crippen LogP contribution in [0.15, 0.2) is 24.3 Å². The first-order valence-electron chi connectivity index (χ1n) is 7.33. The Labute approximate surface area is 117 Å². The van der Waals surface area contributed by atoms with Gasteiger partial charge < -0.3 is 4.74 Å². The molecule has 1 rings (SSSR count). The average Bonchev–Trinajstić information content (AvgIpc) is 2.44. The molecule has 0 saturated heterocycles. The summed E-state index contributed by atoms with van der Waals surface area (Å²) in [6, 6.07) is 7.99. The van der Waals surface area contributed by atoms with Gasteiger partial charge >= 0.3 is 0 Å². The van der Waals surface area contributed by atoms with Gasteiger partial charge in [0.1, 0.15) is 11.5 Å². The van der Waals surface area contributed by atoms with E-state index < -0.39 is 0 Å². The summed E-state index contributed by atoms with van der Waals surface area (Å²) >= 11 is 0. The van der Waals surface area contributed by atoms with Gasteiger partial charge in [-0.25, -0.2) is 0 Å². The smallest absolute Gasteiger partial charge is 0.136 e. The first-order valence-corrected chi connectivity index (χ1v) is 7.33. The van der Waals surface area contributed by atoms with Crippen LogP contribution in [-0.2, 0) is 11.2 Å². The number of carbonyl (C=O) groups excluding carboxylic acids is 1. The second-order valence-corrected chi connectivity index (χ2v) is 5.23. The predicted molar refractivity (Wildman–Crippen MR) is 79.6 cm³/mol. The van der Waals surface area contributed by atoms with Gasteiger partial charge in [0, 0.05) is 12.3 Å². The van der Waals surface area contributed by atoms with E-state index in [1.807, 2.05) is 31.2 Å². The van der Waals surface area contributed by atoms with Crippen LogP contribution >= 0.6 is 0 Å². The third kappa shape index (κ3) is 5.91. The number of carbonyl (C=O) groups is 1. The quantitative estimate of drug-likeness (QED) is 0.616. The van der Waals surface area contributed by atoms with Crippen LogP contribution in [0.4, 0.5) is 0 Å². The van der Waals surface area contributed by atoms with Crippen molar-refractivity contribution < 1.29 is 9.53 Å². The molecule has 0 radical (unpaired) electrons. The van der Waals surface area contributed by atoms with Crippen LogP contribution in [0.5, 0.6) is 5.75 Å². The van der Waals surface area contributed by atoms with Gasteiger partial charge in [0.15, 0.2) is 0 Å². The SMILES string of the molecule is CCCCCCC(=O)C(C)Cc1ccc(OC)cc1. The van der Waals surface area contributed by atoms with Gasteiger partial charge in [-0.2, -0.15) is 0 Å². The largest absolute Gasteiger partial charge is 0.497 e. The van der Waals surface area contributed by atoms with Crippen molar-refractivity contribution in [3.63, 3.8) is 0 Å². The standard InChI is InChI=1S/C17H26O2/c1-4-5-6-7-8-17(18)14(2)13-15-9-11-16(19-3)12-10-15/h9-12,14H,4-8,13H2,1-3H3. The fraction of sp³-hybridized carbons (Fsp3) is 0.588. The number of Topliss-reactive ketones (excluding diaryl/α,β-unsaturated/α-hetero) is 1. The molecule has 0 spiro atoms. The van der Waals surface area contributed by atoms with Crippen molar-refractivity contribution in [3.8, 4) is 5.75 Å². The molecule has 1 atom stereocenters. The normalized spacial score (nSPS) is 12.2. The molecule has 106 valence electrons. The summed E-state index contributed by atoms with van der Waals surface area (Å²) in [5.41, 5.74) is 1.20. The molecule has 2 heteroatoms. The number of unbranched alkanes of at least 4 members (excludes halogenated alkanes) is 3. The Morgan fingerprint density at radius 1 is 1.16 bits per heavy atom. The zero-order valence-corrected chi connectivity index (χ0v) is 12.4. The Hall–Kier alpha value is -1.31. The number of ether oxygens (including phenoxy) is 1. The number of methoxy groups -OCH3 is 1. The fourth-order valence-corrected chi connectivity index (χ4v) is 2.20. The maximum absolute atomic E-state index is 12.0. The highest BCUT2D eigenvalue weighted by atomic mass is 16.5. The maximum Gasteiger partial charge on any atom is 0.136 e. The molecule has 19 heavy (non-hydrogen) atoms. The van der Waals surface area contributed by atoms with Crippen LogP contribution < -0.4 is 4.74 Å². The number of hydrogen-bond donors (Lipinski definition) is 0. The minimum Gasteiger partial charge on any atom is -0.497 e. The molecule has 0 amide bonds. The van der Waals surface area contributed by atoms with Crippen molar-refractivity contribution in [2.45, 2.75) is 52.4 Å². The lowest BCUT2D eigenvalue weighted by Gasteiger charge is -2.11. The first-order chi connectivity index (χ1) is 9.17. The van der Waals surface area contributed by atoms with E-state index in [0.717, 1.165) is 25.0 Å². The van der Waals surface area contributed by atoms with Crippen LogP contribution in [0.2, 0.25) is 0 Å². The van der Waals surface area contributed by atoms with Crippen LogP contribution in [0, 0.1) is 5.92 Å². The predicted octanol–water partition coefficient (Wildman–Crippen LogP) is 4.41. The molecule has 0 aromatic heterocycles. The lowest BCUT2D eigenvalue weighted by atomic mass is 9.94. The van der Waals surface area contributed by atoms with Crippen molar-refractivity contribution in [1.82, 2.24) is 0 Å². The third-order valence-electron chi connectivity index (χ3n) is 3.53. The summed E-state index contributed by atoms with van der Waals surface area (Å²) in [5.74, 6) is 1.38. The molecule has 0 aliphatic heterocycles. The molecule has 0 aliphatic carbocycles. The van der Waals surface area contributed by atoms with Crippen LogP contribution in [0.3, 0.4) is 0 Å². The summed E-state index contributed by atoms with van der Waals surface area (Å²) < 4.78 is 5.13. The van der Waals surface area contributed by atoms with Gasteiger partial charge in [-0.3, -0.25) is 4.79 Å². The minimum atomic E-state index is 0.120. The zero-order valence-electron chi connectivity index (χ0n) is 12.4. The van der Waals surface area contributed by atoms with E-state index >= 15 is 0 Å². The maximum atomic E-state index is 12.0. The van der Waals surface area contributed by atoms with E-state index in [9.17, 15) is 4.79 Å². The average molecular weight is 262 g/mol. The van der Waals surface area contributed by atoms with E-state index in [1.54, 1.807) is 7.11 Å². The molecule has 1 aromatic carbocycles. The lowest BCUT2D eigenvalue weighted by Crippen LogP contribution is -2.13. The highest BCUT2D eigenvalue weighted by Crippen LogP contribution is 2.16. The Morgan fingerprint density at radius 2 is 1.84 bits per heavy atom. The van der Waals surface area contributed by atoms with Gasteiger partial charge in [-0.05, 0) is 30.5 Å². The van der Waals surface area contributed by atoms with E-state index in [-0.39, 0.29) is 5.92 Å². The van der Waals surface area contributed by atoms with Crippen LogP contribution in [0.1, 0.15) is 51.5 Å². The topological polar surface area (TPSA) is 26.3 Å². The molecule has 1 unspecified atom stereocenters. The van der Waals surface area contributed by atoms with Gasteiger partial charge in [0.2, 0.25) is 0 Å². The highest BCUT2D eigenvalue weighted by Gasteiger charge is 2.13. The van der Waals surface area contributed by atoms with E-state index in [2.05, 4.69) is 6.92 Å². The van der Waals surface area contributed by atoms with E-state index in [1.165, 1.54) is 24.8 Å². The first kappa shape index (κ1) is 15.7. The number of rotatable bonds is 9. The monoisotopic (exact) mass is 262 g/mol. The Morgan fingerprint density at radius 3 is 2.42 bits per heavy atom. The van der Waals surface area contributed by atoms with E-state index in [0.29, 0.717) is 5.78 Å². The fourth-order valence-electron chi connectivity index (χ4n) is 2.20. The Balaban J connectivity index is 2.35. The molecule has 0 bridgehead atoms. The molecule has 1 aromatic rings. The van der Waals surface area contributed by atoms with Crippen molar-refractivity contribution in [1.29, 1.82) is 0 Å². The van der Waals surface area contributed by atoms with Crippen molar-refractivity contribution >= 4 is 5.78 Å². The summed E-state index contributed by atoms with van der Waals surface area (Å²) in [6.45, 7) is 4.22. The van der Waals surface area contributed by atoms with Crippen molar-refractivity contribution in [3.05, 3.63) is 29.8 Å². The minimum absolute atomic E-state index is 0.120. The highest BCUT2D eigenvalue weighted by molar-refractivity contribution is 5.80. The molecular weight excluding hydrogens is 236 g/mol. The van der Waals surface area contributed by atoms with Crippen molar-refractivity contribution in [2.75, 3.05) is 7.11 Å². The Bertz CT molecular complexity index is 367. The molecule has 0 fully saturated rings. The lowest BCUT2D eigenvalue weighted by molar-refractivity contribution is -0.122. The molecule has 0 heterocycles. The Kier molecular flexibility index (Phi) is 7.24. The molecule has 0 N–H and O–H groups in total. The second-order valence-electron chi connectivity index (χ2n) is 5.23. The molecular formula is C17H26O2. The van der Waals surface area contributed by atoms with Gasteiger partial charge in [0.05, 0.1) is 7.11 Å². The molecule has 0 aliphatic rings. The van der Waals surface area contributed by atoms with Gasteiger partial charge in [0.25, 0.3) is 0 Å². The second kappa shape index (κ2) is 8.73. The summed E-state index contributed by atoms with van der Waals surface area (Å²) in [4.78, 5) is 12.0. The molecule has 2 nitrogen and oxygen atoms in total. The van der Waals surface area contributed by atoms with Gasteiger partial charge in [-0.15, -0.1) is 0 Å².